The predicted molar refractivity (Wildman–Crippen MR) is 79.0 cm³/mol. The minimum atomic E-state index is 0.273. The third-order valence-electron chi connectivity index (χ3n) is 4.30. The number of likely N-dealkylation sites (N-methyl/N-ethyl adjacent to an activating group) is 1. The topological polar surface area (TPSA) is 23.6 Å². The number of amides is 1. The lowest BCUT2D eigenvalue weighted by molar-refractivity contribution is 0.0762. The Hall–Kier alpha value is -0.870. The molecular weight excluding hydrogens is 256 g/mol. The first-order valence-electron chi connectivity index (χ1n) is 7.33. The van der Waals surface area contributed by atoms with Gasteiger partial charge in [-0.25, -0.2) is 0 Å². The van der Waals surface area contributed by atoms with Crippen LogP contribution in [0.1, 0.15) is 40.1 Å². The summed E-state index contributed by atoms with van der Waals surface area (Å²) in [4.78, 5) is 18.5. The second-order valence-corrected chi connectivity index (χ2v) is 6.67. The van der Waals surface area contributed by atoms with Gasteiger partial charge in [-0.3, -0.25) is 4.79 Å². The summed E-state index contributed by atoms with van der Waals surface area (Å²) in [6.07, 6.45) is 5.90. The molecule has 2 heterocycles. The highest BCUT2D eigenvalue weighted by molar-refractivity contribution is 7.10. The van der Waals surface area contributed by atoms with Gasteiger partial charge in [0, 0.05) is 29.9 Å². The lowest BCUT2D eigenvalue weighted by Crippen LogP contribution is -2.34. The molecule has 0 bridgehead atoms. The fourth-order valence-corrected chi connectivity index (χ4v) is 4.21. The van der Waals surface area contributed by atoms with Crippen LogP contribution in [-0.2, 0) is 12.8 Å². The normalized spacial score (nSPS) is 21.0. The van der Waals surface area contributed by atoms with Crippen LogP contribution in [0, 0.1) is 0 Å². The SMILES string of the molecule is CN1CCCN(C(=O)c2csc3c2CCCC3)CC1. The van der Waals surface area contributed by atoms with E-state index >= 15 is 0 Å². The van der Waals surface area contributed by atoms with Crippen LogP contribution in [0.2, 0.25) is 0 Å². The number of hydrogen-bond donors (Lipinski definition) is 0. The first-order valence-corrected chi connectivity index (χ1v) is 8.21. The number of carbonyl (C=O) groups is 1. The van der Waals surface area contributed by atoms with E-state index in [0.717, 1.165) is 44.6 Å². The van der Waals surface area contributed by atoms with Crippen molar-refractivity contribution >= 4 is 17.2 Å². The summed E-state index contributed by atoms with van der Waals surface area (Å²) in [6, 6.07) is 0. The molecule has 1 amide bonds. The van der Waals surface area contributed by atoms with Crippen LogP contribution in [0.5, 0.6) is 0 Å². The Morgan fingerprint density at radius 1 is 1.11 bits per heavy atom. The van der Waals surface area contributed by atoms with Gasteiger partial charge in [0.2, 0.25) is 0 Å². The van der Waals surface area contributed by atoms with Crippen molar-refractivity contribution in [3.05, 3.63) is 21.4 Å². The Morgan fingerprint density at radius 3 is 2.84 bits per heavy atom. The molecule has 104 valence electrons. The number of fused-ring (bicyclic) bond motifs is 1. The van der Waals surface area contributed by atoms with Crippen LogP contribution < -0.4 is 0 Å². The van der Waals surface area contributed by atoms with Gasteiger partial charge in [-0.2, -0.15) is 0 Å². The van der Waals surface area contributed by atoms with Crippen LogP contribution in [0.15, 0.2) is 5.38 Å². The number of carbonyl (C=O) groups excluding carboxylic acids is 1. The molecule has 0 radical (unpaired) electrons. The highest BCUT2D eigenvalue weighted by atomic mass is 32.1. The zero-order chi connectivity index (χ0) is 13.2. The molecule has 0 spiro atoms. The Morgan fingerprint density at radius 2 is 1.95 bits per heavy atom. The molecule has 3 nitrogen and oxygen atoms in total. The standard InChI is InChI=1S/C15H22N2OS/c1-16-7-4-8-17(10-9-16)15(18)13-11-19-14-6-3-2-5-12(13)14/h11H,2-10H2,1H3. The number of nitrogens with zero attached hydrogens (tertiary/aromatic N) is 2. The Balaban J connectivity index is 1.78. The van der Waals surface area contributed by atoms with E-state index in [4.69, 9.17) is 0 Å². The number of rotatable bonds is 1. The second kappa shape index (κ2) is 5.63. The molecule has 0 unspecified atom stereocenters. The average Bonchev–Trinajstić information content (AvgIpc) is 2.74. The molecule has 1 fully saturated rings. The second-order valence-electron chi connectivity index (χ2n) is 5.71. The molecular formula is C15H22N2OS. The van der Waals surface area contributed by atoms with Gasteiger partial charge in [-0.15, -0.1) is 11.3 Å². The fourth-order valence-electron chi connectivity index (χ4n) is 3.09. The van der Waals surface area contributed by atoms with E-state index in [1.165, 1.54) is 29.7 Å². The largest absolute Gasteiger partial charge is 0.337 e. The minimum absolute atomic E-state index is 0.273. The minimum Gasteiger partial charge on any atom is -0.337 e. The summed E-state index contributed by atoms with van der Waals surface area (Å²) in [6.45, 7) is 3.89. The Kier molecular flexibility index (Phi) is 3.89. The molecule has 19 heavy (non-hydrogen) atoms. The fraction of sp³-hybridized carbons (Fsp3) is 0.667. The Labute approximate surface area is 119 Å². The zero-order valence-electron chi connectivity index (χ0n) is 11.7. The highest BCUT2D eigenvalue weighted by Crippen LogP contribution is 2.31. The summed E-state index contributed by atoms with van der Waals surface area (Å²) < 4.78 is 0. The monoisotopic (exact) mass is 278 g/mol. The van der Waals surface area contributed by atoms with Crippen molar-refractivity contribution in [3.8, 4) is 0 Å². The van der Waals surface area contributed by atoms with Gasteiger partial charge in [0.1, 0.15) is 0 Å². The third-order valence-corrected chi connectivity index (χ3v) is 5.39. The molecule has 0 N–H and O–H groups in total. The van der Waals surface area contributed by atoms with Gasteiger partial charge in [0.05, 0.1) is 5.56 Å². The van der Waals surface area contributed by atoms with E-state index < -0.39 is 0 Å². The molecule has 0 saturated carbocycles. The summed E-state index contributed by atoms with van der Waals surface area (Å²) in [5.74, 6) is 0.273. The van der Waals surface area contributed by atoms with Gasteiger partial charge in [0.15, 0.2) is 0 Å². The van der Waals surface area contributed by atoms with Gasteiger partial charge < -0.3 is 9.80 Å². The third kappa shape index (κ3) is 2.70. The average molecular weight is 278 g/mol. The van der Waals surface area contributed by atoms with Crippen molar-refractivity contribution in [1.29, 1.82) is 0 Å². The maximum Gasteiger partial charge on any atom is 0.255 e. The summed E-state index contributed by atoms with van der Waals surface area (Å²) in [5.41, 5.74) is 2.36. The maximum atomic E-state index is 12.7. The number of aryl methyl sites for hydroxylation is 1. The van der Waals surface area contributed by atoms with Crippen molar-refractivity contribution < 1.29 is 4.79 Å². The van der Waals surface area contributed by atoms with E-state index in [-0.39, 0.29) is 5.91 Å². The van der Waals surface area contributed by atoms with Gasteiger partial charge in [0.25, 0.3) is 5.91 Å². The first kappa shape index (κ1) is 13.1. The molecule has 3 rings (SSSR count). The summed E-state index contributed by atoms with van der Waals surface area (Å²) in [5, 5.41) is 2.10. The summed E-state index contributed by atoms with van der Waals surface area (Å²) >= 11 is 1.79. The number of hydrogen-bond acceptors (Lipinski definition) is 3. The van der Waals surface area contributed by atoms with E-state index in [0.29, 0.717) is 0 Å². The van der Waals surface area contributed by atoms with Crippen molar-refractivity contribution in [2.24, 2.45) is 0 Å². The highest BCUT2D eigenvalue weighted by Gasteiger charge is 2.24. The lowest BCUT2D eigenvalue weighted by atomic mass is 9.95. The molecule has 1 saturated heterocycles. The molecule has 1 aromatic rings. The van der Waals surface area contributed by atoms with Gasteiger partial charge in [-0.05, 0) is 51.3 Å². The van der Waals surface area contributed by atoms with E-state index in [9.17, 15) is 4.79 Å². The van der Waals surface area contributed by atoms with E-state index in [1.807, 2.05) is 0 Å². The molecule has 2 aliphatic rings. The molecule has 4 heteroatoms. The van der Waals surface area contributed by atoms with E-state index in [1.54, 1.807) is 11.3 Å². The lowest BCUT2D eigenvalue weighted by Gasteiger charge is -2.21. The van der Waals surface area contributed by atoms with Crippen molar-refractivity contribution in [3.63, 3.8) is 0 Å². The Bertz CT molecular complexity index is 469. The smallest absolute Gasteiger partial charge is 0.255 e. The molecule has 0 atom stereocenters. The van der Waals surface area contributed by atoms with E-state index in [2.05, 4.69) is 22.2 Å². The van der Waals surface area contributed by atoms with Gasteiger partial charge >= 0.3 is 0 Å². The molecule has 1 aliphatic carbocycles. The van der Waals surface area contributed by atoms with Gasteiger partial charge in [-0.1, -0.05) is 0 Å². The molecule has 0 aromatic carbocycles. The zero-order valence-corrected chi connectivity index (χ0v) is 12.5. The van der Waals surface area contributed by atoms with Crippen LogP contribution in [0.3, 0.4) is 0 Å². The van der Waals surface area contributed by atoms with Crippen LogP contribution in [-0.4, -0.2) is 48.9 Å². The number of thiophene rings is 1. The van der Waals surface area contributed by atoms with Crippen molar-refractivity contribution in [2.45, 2.75) is 32.1 Å². The predicted octanol–water partition coefficient (Wildman–Crippen LogP) is 2.40. The van der Waals surface area contributed by atoms with Crippen LogP contribution in [0.25, 0.3) is 0 Å². The maximum absolute atomic E-state index is 12.7. The first-order chi connectivity index (χ1) is 9.25. The van der Waals surface area contributed by atoms with Crippen molar-refractivity contribution in [2.75, 3.05) is 33.2 Å². The van der Waals surface area contributed by atoms with Crippen LogP contribution >= 0.6 is 11.3 Å². The molecule has 1 aromatic heterocycles. The summed E-state index contributed by atoms with van der Waals surface area (Å²) in [7, 11) is 2.14. The van der Waals surface area contributed by atoms with Crippen LogP contribution in [0.4, 0.5) is 0 Å². The van der Waals surface area contributed by atoms with Crippen molar-refractivity contribution in [1.82, 2.24) is 9.80 Å². The quantitative estimate of drug-likeness (QED) is 0.787. The molecule has 1 aliphatic heterocycles.